The number of hydrogen-bond acceptors (Lipinski definition) is 5. The minimum Gasteiger partial charge on any atom is -0.482 e. The molecule has 2 aromatic rings. The van der Waals surface area contributed by atoms with Crippen LogP contribution in [0.3, 0.4) is 0 Å². The second-order valence-electron chi connectivity index (χ2n) is 5.66. The number of halogens is 1. The number of carboxylic acid groups (broad SMARTS) is 1. The summed E-state index contributed by atoms with van der Waals surface area (Å²) in [5.74, 6) is -0.826. The van der Waals surface area contributed by atoms with Crippen LogP contribution in [0.5, 0.6) is 5.75 Å². The Morgan fingerprint density at radius 1 is 1.30 bits per heavy atom. The van der Waals surface area contributed by atoms with Gasteiger partial charge in [0.2, 0.25) is 0 Å². The average molecular weight is 403 g/mol. The van der Waals surface area contributed by atoms with Crippen LogP contribution in [0.15, 0.2) is 52.4 Å². The van der Waals surface area contributed by atoms with Gasteiger partial charge in [-0.1, -0.05) is 29.8 Å². The second kappa shape index (κ2) is 8.28. The summed E-state index contributed by atoms with van der Waals surface area (Å²) in [6, 6.07) is 12.2. The van der Waals surface area contributed by atoms with E-state index in [4.69, 9.17) is 21.4 Å². The number of nitrogens with zero attached hydrogens (tertiary/aromatic N) is 1. The van der Waals surface area contributed by atoms with Crippen LogP contribution in [-0.4, -0.2) is 28.8 Å². The van der Waals surface area contributed by atoms with Crippen molar-refractivity contribution in [3.63, 3.8) is 0 Å². The Kier molecular flexibility index (Phi) is 5.83. The highest BCUT2D eigenvalue weighted by Gasteiger charge is 2.24. The fourth-order valence-corrected chi connectivity index (χ4v) is 3.25. The number of thioether (sulfide) groups is 1. The molecule has 1 fully saturated rings. The molecule has 0 unspecified atom stereocenters. The number of carbonyl (C=O) groups is 2. The number of carboxylic acids is 1. The van der Waals surface area contributed by atoms with Gasteiger partial charge < -0.3 is 15.2 Å². The zero-order valence-corrected chi connectivity index (χ0v) is 15.8. The van der Waals surface area contributed by atoms with Gasteiger partial charge in [-0.2, -0.15) is 0 Å². The van der Waals surface area contributed by atoms with Crippen LogP contribution in [0.1, 0.15) is 11.1 Å². The van der Waals surface area contributed by atoms with Crippen molar-refractivity contribution in [2.24, 2.45) is 4.99 Å². The van der Waals surface area contributed by atoms with Gasteiger partial charge in [0.25, 0.3) is 5.91 Å². The van der Waals surface area contributed by atoms with Gasteiger partial charge in [0.05, 0.1) is 10.6 Å². The Labute approximate surface area is 164 Å². The van der Waals surface area contributed by atoms with Gasteiger partial charge in [-0.25, -0.2) is 9.79 Å². The van der Waals surface area contributed by atoms with E-state index in [2.05, 4.69) is 10.3 Å². The number of ether oxygens (including phenoxy) is 1. The third-order valence-electron chi connectivity index (χ3n) is 3.58. The van der Waals surface area contributed by atoms with Crippen LogP contribution in [-0.2, 0) is 9.59 Å². The van der Waals surface area contributed by atoms with Crippen molar-refractivity contribution in [2.75, 3.05) is 6.61 Å². The lowest BCUT2D eigenvalue weighted by atomic mass is 10.2. The van der Waals surface area contributed by atoms with Crippen molar-refractivity contribution in [1.82, 2.24) is 5.32 Å². The molecule has 0 saturated carbocycles. The monoisotopic (exact) mass is 402 g/mol. The molecule has 1 saturated heterocycles. The van der Waals surface area contributed by atoms with Gasteiger partial charge in [-0.05, 0) is 60.2 Å². The first-order chi connectivity index (χ1) is 12.9. The number of aliphatic carboxylic acids is 1. The van der Waals surface area contributed by atoms with Gasteiger partial charge in [0, 0.05) is 5.02 Å². The summed E-state index contributed by atoms with van der Waals surface area (Å²) >= 11 is 7.24. The Hall–Kier alpha value is -2.77. The van der Waals surface area contributed by atoms with E-state index < -0.39 is 12.6 Å². The maximum absolute atomic E-state index is 12.2. The van der Waals surface area contributed by atoms with E-state index in [0.717, 1.165) is 11.1 Å². The first kappa shape index (κ1) is 19.0. The number of hydrogen-bond donors (Lipinski definition) is 2. The van der Waals surface area contributed by atoms with Crippen molar-refractivity contribution < 1.29 is 19.4 Å². The molecule has 1 aliphatic heterocycles. The van der Waals surface area contributed by atoms with E-state index in [0.29, 0.717) is 26.5 Å². The molecule has 2 N–H and O–H groups in total. The van der Waals surface area contributed by atoms with Crippen LogP contribution < -0.4 is 10.1 Å². The standard InChI is InChI=1S/C19H15ClN2O4S/c1-11-2-5-13(20)9-15(11)21-19-22-18(25)16(27-19)8-12-3-6-14(7-4-12)26-10-17(23)24/h2-9H,10H2,1H3,(H,23,24)(H,21,22,25)/b16-8-. The Morgan fingerprint density at radius 3 is 2.74 bits per heavy atom. The molecule has 1 heterocycles. The zero-order chi connectivity index (χ0) is 19.4. The SMILES string of the molecule is Cc1ccc(Cl)cc1N=C1NC(=O)/C(=C/c2ccc(OCC(=O)O)cc2)S1. The van der Waals surface area contributed by atoms with Crippen molar-refractivity contribution >= 4 is 52.2 Å². The predicted molar refractivity (Wildman–Crippen MR) is 107 cm³/mol. The minimum atomic E-state index is -1.04. The van der Waals surface area contributed by atoms with Crippen molar-refractivity contribution in [3.8, 4) is 5.75 Å². The molecule has 8 heteroatoms. The summed E-state index contributed by atoms with van der Waals surface area (Å²) in [5.41, 5.74) is 2.44. The lowest BCUT2D eigenvalue weighted by Gasteiger charge is -2.03. The van der Waals surface area contributed by atoms with Gasteiger partial charge in [0.1, 0.15) is 5.75 Å². The predicted octanol–water partition coefficient (Wildman–Crippen LogP) is 4.00. The van der Waals surface area contributed by atoms with E-state index in [1.54, 1.807) is 42.5 Å². The van der Waals surface area contributed by atoms with Crippen LogP contribution >= 0.6 is 23.4 Å². The molecule has 0 radical (unpaired) electrons. The van der Waals surface area contributed by atoms with Crippen LogP contribution in [0.2, 0.25) is 5.02 Å². The molecule has 0 aliphatic carbocycles. The molecule has 6 nitrogen and oxygen atoms in total. The molecule has 27 heavy (non-hydrogen) atoms. The number of aryl methyl sites for hydroxylation is 1. The van der Waals surface area contributed by atoms with E-state index in [9.17, 15) is 9.59 Å². The van der Waals surface area contributed by atoms with Crippen molar-refractivity contribution in [1.29, 1.82) is 0 Å². The normalized spacial score (nSPS) is 16.6. The zero-order valence-electron chi connectivity index (χ0n) is 14.2. The maximum Gasteiger partial charge on any atom is 0.341 e. The first-order valence-corrected chi connectivity index (χ1v) is 9.10. The van der Waals surface area contributed by atoms with E-state index >= 15 is 0 Å². The third kappa shape index (κ3) is 5.12. The summed E-state index contributed by atoms with van der Waals surface area (Å²) < 4.78 is 5.08. The number of aliphatic imine (C=N–C) groups is 1. The molecule has 1 aliphatic rings. The van der Waals surface area contributed by atoms with Gasteiger partial charge in [-0.3, -0.25) is 4.79 Å². The van der Waals surface area contributed by atoms with Gasteiger partial charge >= 0.3 is 5.97 Å². The lowest BCUT2D eigenvalue weighted by molar-refractivity contribution is -0.139. The quantitative estimate of drug-likeness (QED) is 0.738. The number of nitrogens with one attached hydrogen (secondary N) is 1. The molecule has 0 atom stereocenters. The number of benzene rings is 2. The average Bonchev–Trinajstić information content (AvgIpc) is 2.96. The molecule has 3 rings (SSSR count). The Morgan fingerprint density at radius 2 is 2.04 bits per heavy atom. The fraction of sp³-hybridized carbons (Fsp3) is 0.105. The van der Waals surface area contributed by atoms with Crippen LogP contribution in [0.25, 0.3) is 6.08 Å². The van der Waals surface area contributed by atoms with E-state index in [1.807, 2.05) is 13.0 Å². The third-order valence-corrected chi connectivity index (χ3v) is 4.73. The molecule has 138 valence electrons. The Balaban J connectivity index is 1.74. The number of carbonyl (C=O) groups excluding carboxylic acids is 1. The first-order valence-electron chi connectivity index (χ1n) is 7.91. The molecule has 1 amide bonds. The van der Waals surface area contributed by atoms with Crippen molar-refractivity contribution in [2.45, 2.75) is 6.92 Å². The highest BCUT2D eigenvalue weighted by Crippen LogP contribution is 2.30. The minimum absolute atomic E-state index is 0.232. The number of amidine groups is 1. The fourth-order valence-electron chi connectivity index (χ4n) is 2.25. The van der Waals surface area contributed by atoms with Gasteiger partial charge in [0.15, 0.2) is 11.8 Å². The Bertz CT molecular complexity index is 955. The summed E-state index contributed by atoms with van der Waals surface area (Å²) in [7, 11) is 0. The number of rotatable bonds is 5. The smallest absolute Gasteiger partial charge is 0.341 e. The van der Waals surface area contributed by atoms with E-state index in [-0.39, 0.29) is 5.91 Å². The molecule has 0 bridgehead atoms. The highest BCUT2D eigenvalue weighted by molar-refractivity contribution is 8.18. The maximum atomic E-state index is 12.2. The molecule has 0 spiro atoms. The molecular weight excluding hydrogens is 388 g/mol. The molecular formula is C19H15ClN2O4S. The van der Waals surface area contributed by atoms with Crippen LogP contribution in [0, 0.1) is 6.92 Å². The summed E-state index contributed by atoms with van der Waals surface area (Å²) in [6.07, 6.45) is 1.73. The highest BCUT2D eigenvalue weighted by atomic mass is 35.5. The molecule has 2 aromatic carbocycles. The second-order valence-corrected chi connectivity index (χ2v) is 7.13. The summed E-state index contributed by atoms with van der Waals surface area (Å²) in [5, 5.41) is 12.4. The van der Waals surface area contributed by atoms with E-state index in [1.165, 1.54) is 11.8 Å². The summed E-state index contributed by atoms with van der Waals surface area (Å²) in [6.45, 7) is 1.52. The molecule has 0 aromatic heterocycles. The lowest BCUT2D eigenvalue weighted by Crippen LogP contribution is -2.19. The topological polar surface area (TPSA) is 88.0 Å². The summed E-state index contributed by atoms with van der Waals surface area (Å²) in [4.78, 5) is 27.7. The number of amides is 1. The van der Waals surface area contributed by atoms with Crippen molar-refractivity contribution in [3.05, 3.63) is 63.5 Å². The van der Waals surface area contributed by atoms with Gasteiger partial charge in [-0.15, -0.1) is 0 Å². The largest absolute Gasteiger partial charge is 0.482 e. The van der Waals surface area contributed by atoms with Crippen LogP contribution in [0.4, 0.5) is 5.69 Å².